The molecule has 1 aliphatic heterocycles. The average molecular weight is 294 g/mol. The van der Waals surface area contributed by atoms with Crippen LogP contribution in [-0.2, 0) is 19.7 Å². The molecule has 4 N–H and O–H groups in total. The van der Waals surface area contributed by atoms with Gasteiger partial charge in [0.25, 0.3) is 10.2 Å². The van der Waals surface area contributed by atoms with Crippen LogP contribution in [0.5, 0.6) is 0 Å². The van der Waals surface area contributed by atoms with Gasteiger partial charge in [0.05, 0.1) is 6.04 Å². The molecule has 0 aromatic carbocycles. The summed E-state index contributed by atoms with van der Waals surface area (Å²) < 4.78 is 28.3. The van der Waals surface area contributed by atoms with Gasteiger partial charge in [-0.05, 0) is 12.8 Å². The van der Waals surface area contributed by atoms with Crippen molar-refractivity contribution >= 4 is 16.1 Å². The van der Waals surface area contributed by atoms with E-state index < -0.39 is 16.3 Å². The molecule has 1 aliphatic rings. The van der Waals surface area contributed by atoms with Gasteiger partial charge < -0.3 is 15.4 Å². The Balaban J connectivity index is 2.40. The maximum atomic E-state index is 12.0. The second-order valence-corrected chi connectivity index (χ2v) is 6.06. The van der Waals surface area contributed by atoms with Crippen molar-refractivity contribution in [1.29, 1.82) is 0 Å². The summed E-state index contributed by atoms with van der Waals surface area (Å²) in [6.07, 6.45) is 1.28. The van der Waals surface area contributed by atoms with Crippen LogP contribution in [0.3, 0.4) is 0 Å². The van der Waals surface area contributed by atoms with E-state index in [4.69, 9.17) is 15.6 Å². The van der Waals surface area contributed by atoms with Crippen LogP contribution in [0.25, 0.3) is 0 Å². The Labute approximate surface area is 113 Å². The Morgan fingerprint density at radius 2 is 1.89 bits per heavy atom. The maximum Gasteiger partial charge on any atom is 0.277 e. The molecule has 0 saturated carbocycles. The second kappa shape index (κ2) is 7.15. The van der Waals surface area contributed by atoms with Gasteiger partial charge in [-0.25, -0.2) is 5.14 Å². The highest BCUT2D eigenvalue weighted by Crippen LogP contribution is 2.07. The van der Waals surface area contributed by atoms with Crippen molar-refractivity contribution in [3.05, 3.63) is 0 Å². The zero-order chi connectivity index (χ0) is 14.5. The number of hydrogen-bond donors (Lipinski definition) is 2. The molecule has 0 bridgehead atoms. The summed E-state index contributed by atoms with van der Waals surface area (Å²) in [6.45, 7) is 1.66. The summed E-state index contributed by atoms with van der Waals surface area (Å²) in [6, 6.07) is -0.559. The summed E-state index contributed by atoms with van der Waals surface area (Å²) in [4.78, 5) is 13.6. The molecule has 9 heteroatoms. The van der Waals surface area contributed by atoms with Crippen LogP contribution in [0.2, 0.25) is 0 Å². The van der Waals surface area contributed by atoms with Gasteiger partial charge in [0.1, 0.15) is 0 Å². The van der Waals surface area contributed by atoms with Crippen LogP contribution in [0, 0.1) is 0 Å². The highest BCUT2D eigenvalue weighted by atomic mass is 32.2. The number of carbonyl (C=O) groups excluding carboxylic acids is 1. The monoisotopic (exact) mass is 294 g/mol. The largest absolute Gasteiger partial charge is 0.385 e. The van der Waals surface area contributed by atoms with Crippen molar-refractivity contribution in [1.82, 2.24) is 9.21 Å². The molecule has 112 valence electrons. The molecular formula is C10H22N4O4S. The molecule has 1 amide bonds. The third-order valence-corrected chi connectivity index (χ3v) is 4.18. The normalized spacial score (nSPS) is 19.4. The van der Waals surface area contributed by atoms with E-state index >= 15 is 0 Å². The molecule has 1 saturated heterocycles. The molecule has 1 fully saturated rings. The Morgan fingerprint density at radius 3 is 2.37 bits per heavy atom. The average Bonchev–Trinajstić information content (AvgIpc) is 2.37. The van der Waals surface area contributed by atoms with Crippen molar-refractivity contribution in [2.45, 2.75) is 18.9 Å². The predicted octanol–water partition coefficient (Wildman–Crippen LogP) is -1.91. The molecule has 19 heavy (non-hydrogen) atoms. The molecule has 1 rings (SSSR count). The fourth-order valence-corrected chi connectivity index (χ4v) is 2.64. The number of hydrogen-bond acceptors (Lipinski definition) is 5. The summed E-state index contributed by atoms with van der Waals surface area (Å²) in [5, 5.41) is 5.03. The zero-order valence-corrected chi connectivity index (χ0v) is 11.9. The minimum Gasteiger partial charge on any atom is -0.385 e. The minimum absolute atomic E-state index is 0.148. The number of methoxy groups -OCH3 is 1. The third-order valence-electron chi connectivity index (χ3n) is 3.09. The SMILES string of the molecule is COCCCC(N)C(=O)N1CCN(S(N)(=O)=O)CC1. The lowest BCUT2D eigenvalue weighted by Gasteiger charge is -2.34. The summed E-state index contributed by atoms with van der Waals surface area (Å²) >= 11 is 0. The molecule has 0 aromatic rings. The van der Waals surface area contributed by atoms with Crippen molar-refractivity contribution in [3.63, 3.8) is 0 Å². The van der Waals surface area contributed by atoms with E-state index in [2.05, 4.69) is 0 Å². The second-order valence-electron chi connectivity index (χ2n) is 4.51. The molecule has 0 aliphatic carbocycles. The first-order valence-electron chi connectivity index (χ1n) is 6.17. The van der Waals surface area contributed by atoms with Crippen LogP contribution < -0.4 is 10.9 Å². The van der Waals surface area contributed by atoms with Crippen LogP contribution >= 0.6 is 0 Å². The lowest BCUT2D eigenvalue weighted by Crippen LogP contribution is -2.55. The minimum atomic E-state index is -3.67. The van der Waals surface area contributed by atoms with E-state index in [0.29, 0.717) is 26.1 Å². The Hall–Kier alpha value is -0.740. The molecule has 0 spiro atoms. The first kappa shape index (κ1) is 16.3. The number of nitrogens with zero attached hydrogens (tertiary/aromatic N) is 2. The van der Waals surface area contributed by atoms with E-state index in [1.165, 1.54) is 0 Å². The van der Waals surface area contributed by atoms with Gasteiger partial charge in [-0.15, -0.1) is 0 Å². The van der Waals surface area contributed by atoms with E-state index in [-0.39, 0.29) is 19.0 Å². The summed E-state index contributed by atoms with van der Waals surface area (Å²) in [5.74, 6) is -0.148. The van der Waals surface area contributed by atoms with Gasteiger partial charge in [-0.2, -0.15) is 12.7 Å². The molecule has 1 heterocycles. The van der Waals surface area contributed by atoms with Crippen molar-refractivity contribution < 1.29 is 17.9 Å². The van der Waals surface area contributed by atoms with Crippen LogP contribution in [-0.4, -0.2) is 69.5 Å². The molecule has 1 atom stereocenters. The van der Waals surface area contributed by atoms with Gasteiger partial charge in [-0.1, -0.05) is 0 Å². The summed E-state index contributed by atoms with van der Waals surface area (Å²) in [5.41, 5.74) is 5.81. The lowest BCUT2D eigenvalue weighted by atomic mass is 10.1. The first-order chi connectivity index (χ1) is 8.86. The molecular weight excluding hydrogens is 272 g/mol. The van der Waals surface area contributed by atoms with Crippen LogP contribution in [0.4, 0.5) is 0 Å². The Bertz CT molecular complexity index is 392. The number of amides is 1. The van der Waals surface area contributed by atoms with E-state index in [9.17, 15) is 13.2 Å². The van der Waals surface area contributed by atoms with E-state index in [0.717, 1.165) is 10.7 Å². The first-order valence-corrected chi connectivity index (χ1v) is 7.67. The van der Waals surface area contributed by atoms with E-state index in [1.54, 1.807) is 12.0 Å². The van der Waals surface area contributed by atoms with Crippen LogP contribution in [0.1, 0.15) is 12.8 Å². The van der Waals surface area contributed by atoms with E-state index in [1.807, 2.05) is 0 Å². The van der Waals surface area contributed by atoms with Gasteiger partial charge in [0.2, 0.25) is 5.91 Å². The zero-order valence-electron chi connectivity index (χ0n) is 11.1. The summed E-state index contributed by atoms with van der Waals surface area (Å²) in [7, 11) is -2.07. The number of nitrogens with two attached hydrogens (primary N) is 2. The van der Waals surface area contributed by atoms with Gasteiger partial charge in [0, 0.05) is 39.9 Å². The highest BCUT2D eigenvalue weighted by molar-refractivity contribution is 7.86. The highest BCUT2D eigenvalue weighted by Gasteiger charge is 2.28. The van der Waals surface area contributed by atoms with Crippen molar-refractivity contribution in [3.8, 4) is 0 Å². The lowest BCUT2D eigenvalue weighted by molar-refractivity contribution is -0.134. The van der Waals surface area contributed by atoms with Gasteiger partial charge in [-0.3, -0.25) is 4.79 Å². The maximum absolute atomic E-state index is 12.0. The number of ether oxygens (including phenoxy) is 1. The Kier molecular flexibility index (Phi) is 6.14. The number of piperazine rings is 1. The van der Waals surface area contributed by atoms with Crippen molar-refractivity contribution in [2.24, 2.45) is 10.9 Å². The van der Waals surface area contributed by atoms with Gasteiger partial charge in [0.15, 0.2) is 0 Å². The quantitative estimate of drug-likeness (QED) is 0.554. The van der Waals surface area contributed by atoms with Crippen molar-refractivity contribution in [2.75, 3.05) is 39.9 Å². The fraction of sp³-hybridized carbons (Fsp3) is 0.900. The predicted molar refractivity (Wildman–Crippen MR) is 70.3 cm³/mol. The van der Waals surface area contributed by atoms with Gasteiger partial charge >= 0.3 is 0 Å². The van der Waals surface area contributed by atoms with Crippen LogP contribution in [0.15, 0.2) is 0 Å². The molecule has 0 radical (unpaired) electrons. The topological polar surface area (TPSA) is 119 Å². The molecule has 1 unspecified atom stereocenters. The number of carbonyl (C=O) groups is 1. The standard InChI is InChI=1S/C10H22N4O4S/c1-18-8-2-3-9(11)10(15)13-4-6-14(7-5-13)19(12,16)17/h9H,2-8,11H2,1H3,(H2,12,16,17). The number of rotatable bonds is 6. The molecule has 8 nitrogen and oxygen atoms in total. The third kappa shape index (κ3) is 5.03. The Morgan fingerprint density at radius 1 is 1.32 bits per heavy atom. The smallest absolute Gasteiger partial charge is 0.277 e. The molecule has 0 aromatic heterocycles. The fourth-order valence-electron chi connectivity index (χ4n) is 1.97.